The summed E-state index contributed by atoms with van der Waals surface area (Å²) < 4.78 is 27.4. The Morgan fingerprint density at radius 2 is 1.86 bits per heavy atom. The smallest absolute Gasteiger partial charge is 0.244 e. The Balaban J connectivity index is 2.02. The van der Waals surface area contributed by atoms with Gasteiger partial charge in [-0.2, -0.15) is 4.31 Å². The van der Waals surface area contributed by atoms with E-state index in [-0.39, 0.29) is 6.04 Å². The molecule has 1 aromatic rings. The maximum Gasteiger partial charge on any atom is 0.244 e. The van der Waals surface area contributed by atoms with E-state index in [0.29, 0.717) is 4.90 Å². The van der Waals surface area contributed by atoms with Crippen molar-refractivity contribution in [3.05, 3.63) is 29.8 Å². The molecule has 116 valence electrons. The molecular weight excluding hydrogens is 286 g/mol. The SMILES string of the molecule is Cc1ccc(S(=O)(=O)N2[C@H]3CCCC[C@]32C(C)(C)O)cc1. The van der Waals surface area contributed by atoms with Gasteiger partial charge in [0, 0.05) is 6.04 Å². The molecule has 1 aromatic carbocycles. The highest BCUT2D eigenvalue weighted by molar-refractivity contribution is 7.89. The van der Waals surface area contributed by atoms with Crippen LogP contribution in [-0.2, 0) is 10.0 Å². The minimum Gasteiger partial charge on any atom is -0.388 e. The zero-order valence-electron chi connectivity index (χ0n) is 12.8. The van der Waals surface area contributed by atoms with Crippen LogP contribution in [-0.4, -0.2) is 35.0 Å². The molecule has 0 bridgehead atoms. The van der Waals surface area contributed by atoms with E-state index in [2.05, 4.69) is 0 Å². The Morgan fingerprint density at radius 3 is 2.38 bits per heavy atom. The third kappa shape index (κ3) is 2.05. The maximum atomic E-state index is 12.9. The lowest BCUT2D eigenvalue weighted by atomic mass is 9.78. The predicted molar refractivity (Wildman–Crippen MR) is 81.5 cm³/mol. The van der Waals surface area contributed by atoms with E-state index in [1.807, 2.05) is 19.1 Å². The van der Waals surface area contributed by atoms with Gasteiger partial charge in [-0.25, -0.2) is 8.42 Å². The fraction of sp³-hybridized carbons (Fsp3) is 0.625. The molecule has 1 saturated heterocycles. The van der Waals surface area contributed by atoms with Crippen molar-refractivity contribution in [1.29, 1.82) is 0 Å². The molecule has 0 aromatic heterocycles. The highest BCUT2D eigenvalue weighted by atomic mass is 32.2. The van der Waals surface area contributed by atoms with Crippen LogP contribution in [0.3, 0.4) is 0 Å². The van der Waals surface area contributed by atoms with Gasteiger partial charge in [0.2, 0.25) is 10.0 Å². The average Bonchev–Trinajstić information content (AvgIpc) is 3.10. The van der Waals surface area contributed by atoms with Crippen LogP contribution < -0.4 is 0 Å². The van der Waals surface area contributed by atoms with E-state index in [9.17, 15) is 13.5 Å². The Hall–Kier alpha value is -0.910. The number of benzene rings is 1. The van der Waals surface area contributed by atoms with Gasteiger partial charge in [0.25, 0.3) is 0 Å². The number of nitrogens with zero attached hydrogens (tertiary/aromatic N) is 1. The van der Waals surface area contributed by atoms with Gasteiger partial charge in [-0.05, 0) is 45.7 Å². The number of aryl methyl sites for hydroxylation is 1. The maximum absolute atomic E-state index is 12.9. The van der Waals surface area contributed by atoms with E-state index < -0.39 is 21.2 Å². The van der Waals surface area contributed by atoms with Gasteiger partial charge < -0.3 is 5.11 Å². The van der Waals surface area contributed by atoms with E-state index in [1.165, 1.54) is 0 Å². The molecule has 0 spiro atoms. The van der Waals surface area contributed by atoms with E-state index >= 15 is 0 Å². The molecule has 2 aliphatic rings. The second kappa shape index (κ2) is 4.54. The molecule has 3 rings (SSSR count). The summed E-state index contributed by atoms with van der Waals surface area (Å²) in [5.74, 6) is 0. The van der Waals surface area contributed by atoms with Crippen molar-refractivity contribution in [3.8, 4) is 0 Å². The third-order valence-corrected chi connectivity index (χ3v) is 7.05. The Labute approximate surface area is 126 Å². The topological polar surface area (TPSA) is 57.4 Å². The van der Waals surface area contributed by atoms with Gasteiger partial charge in [-0.1, -0.05) is 30.5 Å². The van der Waals surface area contributed by atoms with Crippen LogP contribution in [0.15, 0.2) is 29.2 Å². The first kappa shape index (κ1) is 15.0. The fourth-order valence-electron chi connectivity index (χ4n) is 3.92. The van der Waals surface area contributed by atoms with E-state index in [0.717, 1.165) is 31.2 Å². The largest absolute Gasteiger partial charge is 0.388 e. The van der Waals surface area contributed by atoms with E-state index in [4.69, 9.17) is 0 Å². The van der Waals surface area contributed by atoms with Gasteiger partial charge >= 0.3 is 0 Å². The lowest BCUT2D eigenvalue weighted by Gasteiger charge is -2.32. The zero-order chi connectivity index (χ0) is 15.5. The molecule has 2 fully saturated rings. The Kier molecular flexibility index (Phi) is 3.24. The van der Waals surface area contributed by atoms with Crippen LogP contribution in [0.4, 0.5) is 0 Å². The number of hydrogen-bond acceptors (Lipinski definition) is 3. The van der Waals surface area contributed by atoms with Crippen LogP contribution in [0.2, 0.25) is 0 Å². The molecule has 1 unspecified atom stereocenters. The Bertz CT molecular complexity index is 645. The summed E-state index contributed by atoms with van der Waals surface area (Å²) in [6.45, 7) is 5.40. The van der Waals surface area contributed by atoms with Crippen molar-refractivity contribution >= 4 is 10.0 Å². The first-order chi connectivity index (χ1) is 9.71. The Morgan fingerprint density at radius 1 is 1.24 bits per heavy atom. The third-order valence-electron chi connectivity index (χ3n) is 5.08. The van der Waals surface area contributed by atoms with E-state index in [1.54, 1.807) is 30.3 Å². The quantitative estimate of drug-likeness (QED) is 0.873. The van der Waals surface area contributed by atoms with Crippen molar-refractivity contribution in [2.24, 2.45) is 0 Å². The summed E-state index contributed by atoms with van der Waals surface area (Å²) in [5.41, 5.74) is -0.598. The molecule has 1 heterocycles. The molecule has 1 aliphatic heterocycles. The molecule has 0 amide bonds. The second-order valence-electron chi connectivity index (χ2n) is 6.86. The van der Waals surface area contributed by atoms with Crippen molar-refractivity contribution in [1.82, 2.24) is 4.31 Å². The van der Waals surface area contributed by atoms with Crippen molar-refractivity contribution < 1.29 is 13.5 Å². The van der Waals surface area contributed by atoms with Crippen LogP contribution in [0, 0.1) is 6.92 Å². The first-order valence-corrected chi connectivity index (χ1v) is 8.99. The van der Waals surface area contributed by atoms with Gasteiger partial charge in [0.05, 0.1) is 16.0 Å². The van der Waals surface area contributed by atoms with Crippen LogP contribution >= 0.6 is 0 Å². The summed E-state index contributed by atoms with van der Waals surface area (Å²) in [6, 6.07) is 6.89. The van der Waals surface area contributed by atoms with Crippen molar-refractivity contribution in [2.75, 3.05) is 0 Å². The van der Waals surface area contributed by atoms with Gasteiger partial charge in [-0.3, -0.25) is 0 Å². The van der Waals surface area contributed by atoms with Gasteiger partial charge in [-0.15, -0.1) is 0 Å². The normalized spacial score (nSPS) is 32.6. The molecule has 3 atom stereocenters. The summed E-state index contributed by atoms with van der Waals surface area (Å²) in [4.78, 5) is 0.325. The minimum absolute atomic E-state index is 0.0578. The molecule has 1 aliphatic carbocycles. The molecule has 1 N–H and O–H groups in total. The number of aliphatic hydroxyl groups is 1. The minimum atomic E-state index is -3.53. The lowest BCUT2D eigenvalue weighted by Crippen LogP contribution is -2.45. The highest BCUT2D eigenvalue weighted by Crippen LogP contribution is 2.59. The van der Waals surface area contributed by atoms with Crippen molar-refractivity contribution in [2.45, 2.75) is 68.5 Å². The lowest BCUT2D eigenvalue weighted by molar-refractivity contribution is 0.0168. The highest BCUT2D eigenvalue weighted by Gasteiger charge is 2.74. The van der Waals surface area contributed by atoms with Crippen LogP contribution in [0.1, 0.15) is 45.1 Å². The number of fused-ring (bicyclic) bond motifs is 1. The van der Waals surface area contributed by atoms with Crippen LogP contribution in [0.5, 0.6) is 0 Å². The van der Waals surface area contributed by atoms with Crippen LogP contribution in [0.25, 0.3) is 0 Å². The standard InChI is InChI=1S/C16H23NO3S/c1-12-7-9-13(10-8-12)21(19,20)17-14-6-4-5-11-16(14,17)15(2,3)18/h7-10,14,18H,4-6,11H2,1-3H3/t14-,16+,17?/m0/s1. The average molecular weight is 309 g/mol. The molecular formula is C16H23NO3S. The fourth-order valence-corrected chi connectivity index (χ4v) is 6.06. The molecule has 4 nitrogen and oxygen atoms in total. The van der Waals surface area contributed by atoms with Crippen molar-refractivity contribution in [3.63, 3.8) is 0 Å². The summed E-state index contributed by atoms with van der Waals surface area (Å²) in [6.07, 6.45) is 3.59. The molecule has 5 heteroatoms. The summed E-state index contributed by atoms with van der Waals surface area (Å²) in [7, 11) is -3.53. The van der Waals surface area contributed by atoms with Gasteiger partial charge in [0.1, 0.15) is 0 Å². The molecule has 1 saturated carbocycles. The van der Waals surface area contributed by atoms with Gasteiger partial charge in [0.15, 0.2) is 0 Å². The molecule has 0 radical (unpaired) electrons. The number of hydrogen-bond donors (Lipinski definition) is 1. The number of rotatable bonds is 3. The summed E-state index contributed by atoms with van der Waals surface area (Å²) >= 11 is 0. The molecule has 21 heavy (non-hydrogen) atoms. The predicted octanol–water partition coefficient (Wildman–Crippen LogP) is 2.45. The first-order valence-electron chi connectivity index (χ1n) is 7.55. The summed E-state index contributed by atoms with van der Waals surface area (Å²) in [5, 5.41) is 10.6. The number of sulfonamides is 1. The monoisotopic (exact) mass is 309 g/mol. The second-order valence-corrected chi connectivity index (χ2v) is 8.67. The zero-order valence-corrected chi connectivity index (χ0v) is 13.7.